The number of nitrogens with one attached hydrogen (secondary N) is 1. The van der Waals surface area contributed by atoms with Crippen molar-refractivity contribution in [2.75, 3.05) is 13.2 Å². The van der Waals surface area contributed by atoms with E-state index in [0.29, 0.717) is 18.7 Å². The number of hydrogen-bond acceptors (Lipinski definition) is 3. The molecular weight excluding hydrogens is 242 g/mol. The van der Waals surface area contributed by atoms with Crippen LogP contribution in [0, 0.1) is 0 Å². The van der Waals surface area contributed by atoms with Crippen molar-refractivity contribution < 1.29 is 9.90 Å². The van der Waals surface area contributed by atoms with Crippen LogP contribution >= 0.6 is 0 Å². The van der Waals surface area contributed by atoms with E-state index >= 15 is 0 Å². The maximum Gasteiger partial charge on any atom is 0.253 e. The molecule has 2 aromatic heterocycles. The Hall–Kier alpha value is -2.14. The number of rotatable bonds is 3. The molecule has 0 saturated heterocycles. The highest BCUT2D eigenvalue weighted by molar-refractivity contribution is 5.98. The zero-order valence-electron chi connectivity index (χ0n) is 10.5. The molecule has 3 rings (SSSR count). The number of aliphatic hydroxyl groups is 1. The fourth-order valence-corrected chi connectivity index (χ4v) is 2.56. The van der Waals surface area contributed by atoms with Gasteiger partial charge in [-0.25, -0.2) is 0 Å². The Balaban J connectivity index is 2.16. The highest BCUT2D eigenvalue weighted by atomic mass is 16.3. The molecule has 0 fully saturated rings. The van der Waals surface area contributed by atoms with Gasteiger partial charge in [0.15, 0.2) is 0 Å². The van der Waals surface area contributed by atoms with E-state index in [1.54, 1.807) is 12.4 Å². The number of nitrogens with zero attached hydrogens (tertiary/aromatic N) is 2. The summed E-state index contributed by atoms with van der Waals surface area (Å²) < 4.78 is 2.03. The molecule has 5 nitrogen and oxygen atoms in total. The second-order valence-electron chi connectivity index (χ2n) is 4.51. The molecule has 0 radical (unpaired) electrons. The maximum atomic E-state index is 11.9. The molecule has 0 saturated carbocycles. The second kappa shape index (κ2) is 4.85. The highest BCUT2D eigenvalue weighted by Crippen LogP contribution is 2.27. The van der Waals surface area contributed by atoms with Crippen molar-refractivity contribution in [1.29, 1.82) is 0 Å². The van der Waals surface area contributed by atoms with E-state index in [2.05, 4.69) is 10.3 Å². The summed E-state index contributed by atoms with van der Waals surface area (Å²) in [6.45, 7) is 1.21. The summed E-state index contributed by atoms with van der Waals surface area (Å²) in [5, 5.41) is 12.1. The van der Waals surface area contributed by atoms with Gasteiger partial charge in [0.1, 0.15) is 0 Å². The number of hydrogen-bond donors (Lipinski definition) is 2. The molecule has 1 aliphatic heterocycles. The lowest BCUT2D eigenvalue weighted by molar-refractivity contribution is 0.0945. The largest absolute Gasteiger partial charge is 0.395 e. The zero-order valence-corrected chi connectivity index (χ0v) is 10.5. The average molecular weight is 257 g/mol. The minimum atomic E-state index is -0.0340. The van der Waals surface area contributed by atoms with Crippen molar-refractivity contribution in [1.82, 2.24) is 14.9 Å². The summed E-state index contributed by atoms with van der Waals surface area (Å²) in [4.78, 5) is 15.9. The number of fused-ring (bicyclic) bond motifs is 1. The van der Waals surface area contributed by atoms with Gasteiger partial charge in [0.2, 0.25) is 0 Å². The number of aliphatic hydroxyl groups excluding tert-OH is 1. The van der Waals surface area contributed by atoms with Crippen LogP contribution in [-0.4, -0.2) is 33.7 Å². The van der Waals surface area contributed by atoms with Gasteiger partial charge in [-0.05, 0) is 18.2 Å². The average Bonchev–Trinajstić information content (AvgIpc) is 2.81. The Labute approximate surface area is 110 Å². The van der Waals surface area contributed by atoms with Crippen LogP contribution in [0.5, 0.6) is 0 Å². The van der Waals surface area contributed by atoms with Crippen molar-refractivity contribution >= 4 is 5.91 Å². The molecule has 3 heterocycles. The van der Waals surface area contributed by atoms with Gasteiger partial charge in [0, 0.05) is 48.9 Å². The van der Waals surface area contributed by atoms with E-state index in [0.717, 1.165) is 23.4 Å². The highest BCUT2D eigenvalue weighted by Gasteiger charge is 2.23. The Morgan fingerprint density at radius 3 is 2.89 bits per heavy atom. The molecule has 19 heavy (non-hydrogen) atoms. The van der Waals surface area contributed by atoms with E-state index in [-0.39, 0.29) is 12.5 Å². The lowest BCUT2D eigenvalue weighted by Crippen LogP contribution is -2.32. The fourth-order valence-electron chi connectivity index (χ4n) is 2.56. The van der Waals surface area contributed by atoms with Gasteiger partial charge in [-0.15, -0.1) is 0 Å². The van der Waals surface area contributed by atoms with Crippen LogP contribution in [-0.2, 0) is 13.0 Å². The van der Waals surface area contributed by atoms with Crippen molar-refractivity contribution in [2.45, 2.75) is 13.0 Å². The summed E-state index contributed by atoms with van der Waals surface area (Å²) >= 11 is 0. The van der Waals surface area contributed by atoms with Gasteiger partial charge < -0.3 is 15.0 Å². The molecule has 1 amide bonds. The Bertz CT molecular complexity index is 605. The number of pyridine rings is 1. The summed E-state index contributed by atoms with van der Waals surface area (Å²) in [6.07, 6.45) is 4.25. The van der Waals surface area contributed by atoms with Gasteiger partial charge in [-0.3, -0.25) is 9.78 Å². The molecule has 0 aromatic carbocycles. The molecule has 0 atom stereocenters. The maximum absolute atomic E-state index is 11.9. The van der Waals surface area contributed by atoms with Crippen LogP contribution in [0.2, 0.25) is 0 Å². The molecule has 0 unspecified atom stereocenters. The van der Waals surface area contributed by atoms with Crippen LogP contribution in [0.3, 0.4) is 0 Å². The van der Waals surface area contributed by atoms with E-state index in [1.165, 1.54) is 0 Å². The third-order valence-electron chi connectivity index (χ3n) is 3.40. The molecule has 0 spiro atoms. The first-order valence-corrected chi connectivity index (χ1v) is 6.33. The molecule has 2 aromatic rings. The van der Waals surface area contributed by atoms with Crippen molar-refractivity contribution in [3.05, 3.63) is 41.9 Å². The van der Waals surface area contributed by atoms with Crippen molar-refractivity contribution in [2.24, 2.45) is 0 Å². The first-order chi connectivity index (χ1) is 9.31. The van der Waals surface area contributed by atoms with Gasteiger partial charge in [0.25, 0.3) is 5.91 Å². The number of carbonyl (C=O) groups is 1. The van der Waals surface area contributed by atoms with Crippen LogP contribution in [0.4, 0.5) is 0 Å². The zero-order chi connectivity index (χ0) is 13.2. The first-order valence-electron chi connectivity index (χ1n) is 6.33. The standard InChI is InChI=1S/C14H15N3O2/c18-8-7-17-12-3-6-16-14(19)11(12)9-13(17)10-1-4-15-5-2-10/h1-2,4-5,9,18H,3,6-8H2,(H,16,19). The van der Waals surface area contributed by atoms with Crippen LogP contribution < -0.4 is 5.32 Å². The monoisotopic (exact) mass is 257 g/mol. The van der Waals surface area contributed by atoms with Crippen molar-refractivity contribution in [3.8, 4) is 11.3 Å². The van der Waals surface area contributed by atoms with E-state index in [9.17, 15) is 9.90 Å². The summed E-state index contributed by atoms with van der Waals surface area (Å²) in [6, 6.07) is 5.72. The fraction of sp³-hybridized carbons (Fsp3) is 0.286. The second-order valence-corrected chi connectivity index (χ2v) is 4.51. The van der Waals surface area contributed by atoms with Gasteiger partial charge in [-0.1, -0.05) is 0 Å². The Morgan fingerprint density at radius 2 is 2.16 bits per heavy atom. The minimum Gasteiger partial charge on any atom is -0.395 e. The third-order valence-corrected chi connectivity index (χ3v) is 3.40. The van der Waals surface area contributed by atoms with Gasteiger partial charge in [0.05, 0.1) is 12.2 Å². The van der Waals surface area contributed by atoms with Crippen LogP contribution in [0.25, 0.3) is 11.3 Å². The predicted molar refractivity (Wildman–Crippen MR) is 70.8 cm³/mol. The summed E-state index contributed by atoms with van der Waals surface area (Å²) in [5.41, 5.74) is 3.68. The molecule has 0 bridgehead atoms. The lowest BCUT2D eigenvalue weighted by Gasteiger charge is -2.17. The van der Waals surface area contributed by atoms with E-state index < -0.39 is 0 Å². The molecule has 2 N–H and O–H groups in total. The molecule has 1 aliphatic rings. The first kappa shape index (κ1) is 11.9. The Morgan fingerprint density at radius 1 is 1.37 bits per heavy atom. The number of amides is 1. The number of aromatic nitrogens is 2. The van der Waals surface area contributed by atoms with Crippen molar-refractivity contribution in [3.63, 3.8) is 0 Å². The third kappa shape index (κ3) is 2.02. The van der Waals surface area contributed by atoms with E-state index in [4.69, 9.17) is 0 Å². The quantitative estimate of drug-likeness (QED) is 0.855. The lowest BCUT2D eigenvalue weighted by atomic mass is 10.1. The predicted octanol–water partition coefficient (Wildman–Crippen LogP) is 0.828. The summed E-state index contributed by atoms with van der Waals surface area (Å²) in [5.74, 6) is -0.0340. The molecular formula is C14H15N3O2. The number of carbonyl (C=O) groups excluding carboxylic acids is 1. The van der Waals surface area contributed by atoms with E-state index in [1.807, 2.05) is 22.8 Å². The molecule has 0 aliphatic carbocycles. The van der Waals surface area contributed by atoms with Crippen LogP contribution in [0.15, 0.2) is 30.6 Å². The molecule has 98 valence electrons. The van der Waals surface area contributed by atoms with Gasteiger partial charge in [-0.2, -0.15) is 0 Å². The normalized spacial score (nSPS) is 14.1. The van der Waals surface area contributed by atoms with Crippen LogP contribution in [0.1, 0.15) is 16.1 Å². The SMILES string of the molecule is O=C1NCCc2c1cc(-c1ccncc1)n2CCO. The Kier molecular flexibility index (Phi) is 3.05. The summed E-state index contributed by atoms with van der Waals surface area (Å²) in [7, 11) is 0. The van der Waals surface area contributed by atoms with Gasteiger partial charge >= 0.3 is 0 Å². The molecule has 5 heteroatoms. The smallest absolute Gasteiger partial charge is 0.253 e. The minimum absolute atomic E-state index is 0.0340. The topological polar surface area (TPSA) is 67.2 Å².